The van der Waals surface area contributed by atoms with Gasteiger partial charge in [-0.2, -0.15) is 0 Å². The predicted octanol–water partition coefficient (Wildman–Crippen LogP) is 0.804. The molecule has 1 aliphatic heterocycles. The van der Waals surface area contributed by atoms with E-state index in [2.05, 4.69) is 0 Å². The van der Waals surface area contributed by atoms with Crippen molar-refractivity contribution in [1.82, 2.24) is 9.47 Å². The average Bonchev–Trinajstić information content (AvgIpc) is 2.42. The van der Waals surface area contributed by atoms with Crippen LogP contribution in [-0.2, 0) is 11.8 Å². The Labute approximate surface area is 112 Å². The molecule has 0 aromatic carbocycles. The van der Waals surface area contributed by atoms with Gasteiger partial charge in [0.15, 0.2) is 0 Å². The minimum Gasteiger partial charge on any atom is -0.380 e. The molecule has 19 heavy (non-hydrogen) atoms. The number of carbonyl (C=O) groups excluding carboxylic acids is 1. The van der Waals surface area contributed by atoms with E-state index in [1.54, 1.807) is 31.3 Å². The van der Waals surface area contributed by atoms with Crippen molar-refractivity contribution in [2.75, 3.05) is 26.8 Å². The Kier molecular flexibility index (Phi) is 4.16. The summed E-state index contributed by atoms with van der Waals surface area (Å²) in [4.78, 5) is 25.5. The summed E-state index contributed by atoms with van der Waals surface area (Å²) in [6.07, 6.45) is 4.46. The fourth-order valence-electron chi connectivity index (χ4n) is 2.08. The molecule has 0 unspecified atom stereocenters. The Morgan fingerprint density at radius 1 is 1.47 bits per heavy atom. The zero-order valence-electron chi connectivity index (χ0n) is 11.3. The second kappa shape index (κ2) is 5.84. The SMILES string of the molecule is COCC1=CCN(C(=O)c2ccn(C)c(=O)c2)CC1. The molecule has 0 spiro atoms. The third-order valence-electron chi connectivity index (χ3n) is 3.27. The van der Waals surface area contributed by atoms with Crippen LogP contribution in [0.25, 0.3) is 0 Å². The van der Waals surface area contributed by atoms with Crippen molar-refractivity contribution < 1.29 is 9.53 Å². The summed E-state index contributed by atoms with van der Waals surface area (Å²) < 4.78 is 6.52. The van der Waals surface area contributed by atoms with E-state index in [0.717, 1.165) is 6.42 Å². The molecular weight excluding hydrogens is 244 g/mol. The number of aryl methyl sites for hydroxylation is 1. The number of hydrogen-bond donors (Lipinski definition) is 0. The van der Waals surface area contributed by atoms with Gasteiger partial charge in [-0.1, -0.05) is 6.08 Å². The molecule has 0 N–H and O–H groups in total. The first kappa shape index (κ1) is 13.5. The molecule has 0 bridgehead atoms. The van der Waals surface area contributed by atoms with Crippen molar-refractivity contribution in [2.24, 2.45) is 7.05 Å². The van der Waals surface area contributed by atoms with E-state index in [0.29, 0.717) is 25.3 Å². The van der Waals surface area contributed by atoms with Crippen LogP contribution in [0.1, 0.15) is 16.8 Å². The fourth-order valence-corrected chi connectivity index (χ4v) is 2.08. The molecule has 1 aromatic rings. The van der Waals surface area contributed by atoms with E-state index in [-0.39, 0.29) is 11.5 Å². The minimum absolute atomic E-state index is 0.0922. The minimum atomic E-state index is -0.168. The summed E-state index contributed by atoms with van der Waals surface area (Å²) in [6, 6.07) is 3.06. The number of hydrogen-bond acceptors (Lipinski definition) is 3. The molecule has 1 amide bonds. The number of ether oxygens (including phenoxy) is 1. The van der Waals surface area contributed by atoms with Gasteiger partial charge >= 0.3 is 0 Å². The van der Waals surface area contributed by atoms with Crippen LogP contribution in [0.5, 0.6) is 0 Å². The predicted molar refractivity (Wildman–Crippen MR) is 72.2 cm³/mol. The highest BCUT2D eigenvalue weighted by molar-refractivity contribution is 5.94. The van der Waals surface area contributed by atoms with Crippen LogP contribution in [-0.4, -0.2) is 42.2 Å². The lowest BCUT2D eigenvalue weighted by Crippen LogP contribution is -2.36. The zero-order valence-corrected chi connectivity index (χ0v) is 11.3. The molecule has 1 aromatic heterocycles. The van der Waals surface area contributed by atoms with Crippen molar-refractivity contribution in [3.63, 3.8) is 0 Å². The van der Waals surface area contributed by atoms with Crippen LogP contribution in [0.3, 0.4) is 0 Å². The lowest BCUT2D eigenvalue weighted by molar-refractivity contribution is 0.0764. The first-order valence-corrected chi connectivity index (χ1v) is 6.24. The second-order valence-corrected chi connectivity index (χ2v) is 4.66. The molecule has 2 heterocycles. The van der Waals surface area contributed by atoms with Crippen molar-refractivity contribution in [2.45, 2.75) is 6.42 Å². The van der Waals surface area contributed by atoms with Crippen molar-refractivity contribution in [3.8, 4) is 0 Å². The quantitative estimate of drug-likeness (QED) is 0.757. The van der Waals surface area contributed by atoms with Gasteiger partial charge in [-0.25, -0.2) is 0 Å². The van der Waals surface area contributed by atoms with Gasteiger partial charge in [0, 0.05) is 45.1 Å². The third kappa shape index (κ3) is 3.12. The summed E-state index contributed by atoms with van der Waals surface area (Å²) in [7, 11) is 3.33. The smallest absolute Gasteiger partial charge is 0.254 e. The highest BCUT2D eigenvalue weighted by atomic mass is 16.5. The maximum absolute atomic E-state index is 12.2. The topological polar surface area (TPSA) is 51.5 Å². The number of aromatic nitrogens is 1. The highest BCUT2D eigenvalue weighted by Crippen LogP contribution is 2.13. The van der Waals surface area contributed by atoms with Crippen LogP contribution in [0.15, 0.2) is 34.8 Å². The molecule has 102 valence electrons. The van der Waals surface area contributed by atoms with Crippen molar-refractivity contribution in [1.29, 1.82) is 0 Å². The second-order valence-electron chi connectivity index (χ2n) is 4.66. The molecule has 0 atom stereocenters. The first-order valence-electron chi connectivity index (χ1n) is 6.24. The van der Waals surface area contributed by atoms with Crippen LogP contribution in [0, 0.1) is 0 Å². The van der Waals surface area contributed by atoms with Crippen LogP contribution in [0.4, 0.5) is 0 Å². The van der Waals surface area contributed by atoms with E-state index < -0.39 is 0 Å². The maximum Gasteiger partial charge on any atom is 0.254 e. The average molecular weight is 262 g/mol. The fraction of sp³-hybridized carbons (Fsp3) is 0.429. The lowest BCUT2D eigenvalue weighted by atomic mass is 10.1. The monoisotopic (exact) mass is 262 g/mol. The summed E-state index contributed by atoms with van der Waals surface area (Å²) in [6.45, 7) is 1.86. The molecule has 5 nitrogen and oxygen atoms in total. The number of methoxy groups -OCH3 is 1. The van der Waals surface area contributed by atoms with E-state index in [4.69, 9.17) is 4.74 Å². The standard InChI is InChI=1S/C14H18N2O3/c1-15-6-5-12(9-13(15)17)14(18)16-7-3-11(4-8-16)10-19-2/h3,5-6,9H,4,7-8,10H2,1-2H3. The molecular formula is C14H18N2O3. The van der Waals surface area contributed by atoms with E-state index in [9.17, 15) is 9.59 Å². The highest BCUT2D eigenvalue weighted by Gasteiger charge is 2.18. The molecule has 2 rings (SSSR count). The maximum atomic E-state index is 12.2. The number of nitrogens with zero attached hydrogens (tertiary/aromatic N) is 2. The molecule has 0 saturated heterocycles. The Balaban J connectivity index is 2.09. The van der Waals surface area contributed by atoms with Gasteiger partial charge in [0.25, 0.3) is 11.5 Å². The third-order valence-corrected chi connectivity index (χ3v) is 3.27. The summed E-state index contributed by atoms with van der Waals surface area (Å²) >= 11 is 0. The molecule has 0 fully saturated rings. The van der Waals surface area contributed by atoms with Gasteiger partial charge in [0.2, 0.25) is 0 Å². The van der Waals surface area contributed by atoms with Gasteiger partial charge < -0.3 is 14.2 Å². The van der Waals surface area contributed by atoms with E-state index in [1.807, 2.05) is 6.08 Å². The number of pyridine rings is 1. The summed E-state index contributed by atoms with van der Waals surface area (Å²) in [5.41, 5.74) is 1.50. The van der Waals surface area contributed by atoms with Gasteiger partial charge in [0.1, 0.15) is 0 Å². The van der Waals surface area contributed by atoms with Gasteiger partial charge in [-0.3, -0.25) is 9.59 Å². The van der Waals surface area contributed by atoms with Crippen LogP contribution in [0.2, 0.25) is 0 Å². The molecule has 1 aliphatic rings. The normalized spacial score (nSPS) is 15.3. The van der Waals surface area contributed by atoms with Crippen LogP contribution < -0.4 is 5.56 Å². The molecule has 0 radical (unpaired) electrons. The Hall–Kier alpha value is -1.88. The van der Waals surface area contributed by atoms with E-state index in [1.165, 1.54) is 16.2 Å². The zero-order chi connectivity index (χ0) is 13.8. The number of rotatable bonds is 3. The number of carbonyl (C=O) groups is 1. The van der Waals surface area contributed by atoms with Crippen molar-refractivity contribution >= 4 is 5.91 Å². The largest absolute Gasteiger partial charge is 0.380 e. The molecule has 0 saturated carbocycles. The summed E-state index contributed by atoms with van der Waals surface area (Å²) in [5, 5.41) is 0. The Bertz CT molecular complexity index is 560. The Morgan fingerprint density at radius 3 is 2.84 bits per heavy atom. The van der Waals surface area contributed by atoms with Crippen LogP contribution >= 0.6 is 0 Å². The van der Waals surface area contributed by atoms with E-state index >= 15 is 0 Å². The molecule has 5 heteroatoms. The van der Waals surface area contributed by atoms with Crippen molar-refractivity contribution in [3.05, 3.63) is 45.9 Å². The van der Waals surface area contributed by atoms with Gasteiger partial charge in [-0.05, 0) is 18.1 Å². The Morgan fingerprint density at radius 2 is 2.26 bits per heavy atom. The first-order chi connectivity index (χ1) is 9.11. The molecule has 0 aliphatic carbocycles. The van der Waals surface area contributed by atoms with Gasteiger partial charge in [-0.15, -0.1) is 0 Å². The lowest BCUT2D eigenvalue weighted by Gasteiger charge is -2.26. The number of amides is 1. The van der Waals surface area contributed by atoms with Gasteiger partial charge in [0.05, 0.1) is 6.61 Å². The summed E-state index contributed by atoms with van der Waals surface area (Å²) in [5.74, 6) is -0.0922.